The van der Waals surface area contributed by atoms with Gasteiger partial charge >= 0.3 is 5.97 Å². The van der Waals surface area contributed by atoms with Crippen LogP contribution in [0.4, 0.5) is 0 Å². The second kappa shape index (κ2) is 4.82. The van der Waals surface area contributed by atoms with E-state index in [1.807, 2.05) is 0 Å². The van der Waals surface area contributed by atoms with Crippen molar-refractivity contribution >= 4 is 31.9 Å². The minimum absolute atomic E-state index is 0.0175. The van der Waals surface area contributed by atoms with Crippen LogP contribution in [-0.2, 0) is 10.0 Å². The number of nitrogens with zero attached hydrogens (tertiary/aromatic N) is 1. The molecule has 0 spiro atoms. The van der Waals surface area contributed by atoms with Gasteiger partial charge in [-0.2, -0.15) is 4.31 Å². The number of fused-ring (bicyclic) bond motifs is 2. The van der Waals surface area contributed by atoms with E-state index in [9.17, 15) is 13.2 Å². The van der Waals surface area contributed by atoms with Crippen molar-refractivity contribution < 1.29 is 18.3 Å². The summed E-state index contributed by atoms with van der Waals surface area (Å²) in [6.45, 7) is 0.552. The Labute approximate surface area is 125 Å². The lowest BCUT2D eigenvalue weighted by Gasteiger charge is -2.26. The Hall–Kier alpha value is -0.920. The molecule has 1 N–H and O–H groups in total. The number of carbonyl (C=O) groups is 1. The number of aromatic carboxylic acids is 1. The SMILES string of the molecule is O=C(O)c1ccc(Br)c(S(=O)(=O)N2CC3CCC2C3)c1. The first-order valence-corrected chi connectivity index (χ1v) is 8.67. The van der Waals surface area contributed by atoms with Crippen LogP contribution in [0.15, 0.2) is 27.6 Å². The number of sulfonamides is 1. The van der Waals surface area contributed by atoms with E-state index >= 15 is 0 Å². The molecule has 1 heterocycles. The van der Waals surface area contributed by atoms with Crippen LogP contribution in [0.5, 0.6) is 0 Å². The minimum Gasteiger partial charge on any atom is -0.478 e. The van der Waals surface area contributed by atoms with Gasteiger partial charge in [-0.3, -0.25) is 0 Å². The van der Waals surface area contributed by atoms with E-state index < -0.39 is 16.0 Å². The van der Waals surface area contributed by atoms with Crippen LogP contribution in [0.25, 0.3) is 0 Å². The maximum absolute atomic E-state index is 12.7. The van der Waals surface area contributed by atoms with Crippen molar-refractivity contribution in [3.8, 4) is 0 Å². The molecule has 1 aliphatic carbocycles. The lowest BCUT2D eigenvalue weighted by atomic mass is 10.1. The summed E-state index contributed by atoms with van der Waals surface area (Å²) in [7, 11) is -3.63. The van der Waals surface area contributed by atoms with Crippen LogP contribution in [0, 0.1) is 5.92 Å². The molecule has 2 unspecified atom stereocenters. The smallest absolute Gasteiger partial charge is 0.335 e. The minimum atomic E-state index is -3.63. The summed E-state index contributed by atoms with van der Waals surface area (Å²) in [5.74, 6) is -0.673. The molecule has 0 aromatic heterocycles. The number of hydrogen-bond donors (Lipinski definition) is 1. The number of hydrogen-bond acceptors (Lipinski definition) is 3. The van der Waals surface area contributed by atoms with Crippen LogP contribution in [0.2, 0.25) is 0 Å². The molecule has 108 valence electrons. The van der Waals surface area contributed by atoms with E-state index in [0.717, 1.165) is 19.3 Å². The number of halogens is 1. The summed E-state index contributed by atoms with van der Waals surface area (Å²) in [6.07, 6.45) is 2.92. The van der Waals surface area contributed by atoms with E-state index in [0.29, 0.717) is 16.9 Å². The van der Waals surface area contributed by atoms with Crippen molar-refractivity contribution in [2.24, 2.45) is 5.92 Å². The number of piperidine rings is 1. The van der Waals surface area contributed by atoms with Gasteiger partial charge in [-0.1, -0.05) is 0 Å². The number of rotatable bonds is 3. The maximum atomic E-state index is 12.7. The highest BCUT2D eigenvalue weighted by Gasteiger charge is 2.44. The van der Waals surface area contributed by atoms with Gasteiger partial charge in [0.1, 0.15) is 0 Å². The zero-order valence-electron chi connectivity index (χ0n) is 10.6. The lowest BCUT2D eigenvalue weighted by Crippen LogP contribution is -2.37. The highest BCUT2D eigenvalue weighted by Crippen LogP contribution is 2.41. The third-order valence-electron chi connectivity index (χ3n) is 4.12. The topological polar surface area (TPSA) is 74.7 Å². The molecule has 5 nitrogen and oxygen atoms in total. The van der Waals surface area contributed by atoms with Crippen molar-refractivity contribution in [3.05, 3.63) is 28.2 Å². The zero-order chi connectivity index (χ0) is 14.5. The molecule has 2 aliphatic rings. The van der Waals surface area contributed by atoms with Crippen LogP contribution >= 0.6 is 15.9 Å². The summed E-state index contributed by atoms with van der Waals surface area (Å²) in [6, 6.07) is 4.17. The monoisotopic (exact) mass is 359 g/mol. The lowest BCUT2D eigenvalue weighted by molar-refractivity contribution is 0.0696. The third-order valence-corrected chi connectivity index (χ3v) is 7.04. The van der Waals surface area contributed by atoms with Gasteiger partial charge in [0, 0.05) is 17.1 Å². The van der Waals surface area contributed by atoms with Gasteiger partial charge in [0.05, 0.1) is 10.5 Å². The van der Waals surface area contributed by atoms with E-state index in [-0.39, 0.29) is 16.5 Å². The first-order valence-electron chi connectivity index (χ1n) is 6.44. The number of benzene rings is 1. The first-order chi connectivity index (χ1) is 9.39. The molecule has 1 aliphatic heterocycles. The zero-order valence-corrected chi connectivity index (χ0v) is 13.0. The molecule has 1 saturated heterocycles. The van der Waals surface area contributed by atoms with Crippen molar-refractivity contribution in [3.63, 3.8) is 0 Å². The predicted molar refractivity (Wildman–Crippen MR) is 76.1 cm³/mol. The fraction of sp³-hybridized carbons (Fsp3) is 0.462. The molecule has 2 atom stereocenters. The van der Waals surface area contributed by atoms with Gasteiger partial charge in [0.2, 0.25) is 10.0 Å². The van der Waals surface area contributed by atoms with Gasteiger partial charge in [0.15, 0.2) is 0 Å². The van der Waals surface area contributed by atoms with E-state index in [4.69, 9.17) is 5.11 Å². The van der Waals surface area contributed by atoms with E-state index in [1.54, 1.807) is 0 Å². The van der Waals surface area contributed by atoms with Crippen molar-refractivity contribution in [2.45, 2.75) is 30.2 Å². The highest BCUT2D eigenvalue weighted by atomic mass is 79.9. The molecule has 20 heavy (non-hydrogen) atoms. The van der Waals surface area contributed by atoms with E-state index in [1.165, 1.54) is 22.5 Å². The predicted octanol–water partition coefficient (Wildman–Crippen LogP) is 2.32. The summed E-state index contributed by atoms with van der Waals surface area (Å²) in [5, 5.41) is 9.01. The van der Waals surface area contributed by atoms with Gasteiger partial charge in [0.25, 0.3) is 0 Å². The van der Waals surface area contributed by atoms with Gasteiger partial charge in [-0.15, -0.1) is 0 Å². The third kappa shape index (κ3) is 2.17. The normalized spacial score (nSPS) is 26.1. The fourth-order valence-corrected chi connectivity index (χ4v) is 5.83. The molecular weight excluding hydrogens is 346 g/mol. The molecule has 1 saturated carbocycles. The van der Waals surface area contributed by atoms with Crippen molar-refractivity contribution in [1.29, 1.82) is 0 Å². The molecule has 1 aromatic rings. The second-order valence-corrected chi connectivity index (χ2v) is 8.07. The average Bonchev–Trinajstić information content (AvgIpc) is 3.01. The molecule has 0 amide bonds. The Morgan fingerprint density at radius 1 is 1.35 bits per heavy atom. The summed E-state index contributed by atoms with van der Waals surface area (Å²) >= 11 is 3.22. The Bertz CT molecular complexity index is 673. The Kier molecular flexibility index (Phi) is 3.38. The largest absolute Gasteiger partial charge is 0.478 e. The quantitative estimate of drug-likeness (QED) is 0.898. The molecule has 3 rings (SSSR count). The fourth-order valence-electron chi connectivity index (χ4n) is 3.13. The molecule has 1 aromatic carbocycles. The van der Waals surface area contributed by atoms with Crippen LogP contribution in [-0.4, -0.2) is 36.4 Å². The molecule has 2 bridgehead atoms. The van der Waals surface area contributed by atoms with Crippen molar-refractivity contribution in [2.75, 3.05) is 6.54 Å². The maximum Gasteiger partial charge on any atom is 0.335 e. The Morgan fingerprint density at radius 3 is 2.65 bits per heavy atom. The van der Waals surface area contributed by atoms with Crippen LogP contribution in [0.3, 0.4) is 0 Å². The molecule has 7 heteroatoms. The van der Waals surface area contributed by atoms with Crippen molar-refractivity contribution in [1.82, 2.24) is 4.31 Å². The Balaban J connectivity index is 2.03. The summed E-state index contributed by atoms with van der Waals surface area (Å²) < 4.78 is 27.4. The summed E-state index contributed by atoms with van der Waals surface area (Å²) in [4.78, 5) is 11.1. The Morgan fingerprint density at radius 2 is 2.10 bits per heavy atom. The summed E-state index contributed by atoms with van der Waals surface area (Å²) in [5.41, 5.74) is -0.0175. The number of carboxylic acid groups (broad SMARTS) is 1. The second-order valence-electron chi connectivity index (χ2n) is 5.36. The first kappa shape index (κ1) is 14.0. The van der Waals surface area contributed by atoms with Crippen LogP contribution in [0.1, 0.15) is 29.6 Å². The van der Waals surface area contributed by atoms with Gasteiger partial charge in [-0.05, 0) is 59.3 Å². The number of carboxylic acids is 1. The standard InChI is InChI=1S/C13H14BrNO4S/c14-11-4-2-9(13(16)17)6-12(11)20(18,19)15-7-8-1-3-10(15)5-8/h2,4,6,8,10H,1,3,5,7H2,(H,16,17). The molecular formula is C13H14BrNO4S. The molecule has 0 radical (unpaired) electrons. The highest BCUT2D eigenvalue weighted by molar-refractivity contribution is 9.10. The van der Waals surface area contributed by atoms with Gasteiger partial charge in [-0.25, -0.2) is 13.2 Å². The molecule has 2 fully saturated rings. The average molecular weight is 360 g/mol. The van der Waals surface area contributed by atoms with Gasteiger partial charge < -0.3 is 5.11 Å². The van der Waals surface area contributed by atoms with Crippen LogP contribution < -0.4 is 0 Å². The van der Waals surface area contributed by atoms with E-state index in [2.05, 4.69) is 15.9 Å².